The molecule has 3 N–H and O–H groups in total. The summed E-state index contributed by atoms with van der Waals surface area (Å²) in [4.78, 5) is 80.1. The minimum Gasteiger partial charge on any atom is -0.491 e. The SMILES string of the molecule is COCCOCCOc1ccc2c(c1)c(C(=O)Oc1c(C)cc(C(=O)NCCOCCNC(=O)CCCC(=O)ON3C(=O)CCC3=O)cc1C)c1cc(OCCOCCOC)ccc1[n+]2CCCS(=O)(=O)O. The van der Waals surface area contributed by atoms with Gasteiger partial charge in [-0.2, -0.15) is 13.0 Å². The van der Waals surface area contributed by atoms with Gasteiger partial charge < -0.3 is 53.4 Å². The number of hydrogen-bond acceptors (Lipinski definition) is 17. The molecule has 4 amide bonds. The molecule has 0 radical (unpaired) electrons. The summed E-state index contributed by atoms with van der Waals surface area (Å²) in [6.07, 6.45) is 0.0446. The van der Waals surface area contributed by atoms with Crippen molar-refractivity contribution in [3.63, 3.8) is 0 Å². The fraction of sp³-hybridized carbons (Fsp3) is 0.490. The van der Waals surface area contributed by atoms with Gasteiger partial charge in [-0.05, 0) is 67.8 Å². The third kappa shape index (κ3) is 17.5. The van der Waals surface area contributed by atoms with Crippen LogP contribution in [0.25, 0.3) is 21.8 Å². The Morgan fingerprint density at radius 2 is 1.21 bits per heavy atom. The van der Waals surface area contributed by atoms with E-state index >= 15 is 0 Å². The Labute approximate surface area is 417 Å². The van der Waals surface area contributed by atoms with Crippen LogP contribution in [0, 0.1) is 13.8 Å². The Balaban J connectivity index is 1.26. The third-order valence-corrected chi connectivity index (χ3v) is 11.7. The number of methoxy groups -OCH3 is 2. The Hall–Kier alpha value is -6.34. The number of nitrogens with one attached hydrogen (secondary N) is 2. The van der Waals surface area contributed by atoms with E-state index < -0.39 is 45.5 Å². The quantitative estimate of drug-likeness (QED) is 0.0121. The van der Waals surface area contributed by atoms with E-state index in [4.69, 9.17) is 42.7 Å². The average molecular weight is 1030 g/mol. The number of fused-ring (bicyclic) bond motifs is 2. The monoisotopic (exact) mass is 1030 g/mol. The Morgan fingerprint density at radius 3 is 1.75 bits per heavy atom. The lowest BCUT2D eigenvalue weighted by Gasteiger charge is -2.16. The number of hydroxylamine groups is 2. The molecule has 0 bridgehead atoms. The lowest BCUT2D eigenvalue weighted by Crippen LogP contribution is -2.37. The molecule has 1 aromatic heterocycles. The molecule has 1 fully saturated rings. The van der Waals surface area contributed by atoms with Crippen molar-refractivity contribution < 1.29 is 89.0 Å². The summed E-state index contributed by atoms with van der Waals surface area (Å²) in [7, 11) is -1.13. The Kier molecular flexibility index (Phi) is 22.5. The number of esters is 1. The van der Waals surface area contributed by atoms with E-state index in [1.807, 2.05) is 4.57 Å². The van der Waals surface area contributed by atoms with Crippen molar-refractivity contribution in [2.75, 3.05) is 99.1 Å². The number of rotatable bonds is 32. The number of aromatic nitrogens is 1. The largest absolute Gasteiger partial charge is 0.491 e. The van der Waals surface area contributed by atoms with Crippen LogP contribution in [0.3, 0.4) is 0 Å². The first kappa shape index (κ1) is 56.6. The Bertz CT molecular complexity index is 2550. The molecule has 0 saturated carbocycles. The van der Waals surface area contributed by atoms with Crippen LogP contribution in [0.4, 0.5) is 0 Å². The van der Waals surface area contributed by atoms with E-state index in [1.54, 1.807) is 76.6 Å². The molecule has 1 saturated heterocycles. The van der Waals surface area contributed by atoms with E-state index in [2.05, 4.69) is 10.6 Å². The number of aryl methyl sites for hydroxylation is 3. The fourth-order valence-corrected chi connectivity index (χ4v) is 8.02. The molecule has 4 aromatic rings. The summed E-state index contributed by atoms with van der Waals surface area (Å²) in [5, 5.41) is 6.76. The van der Waals surface area contributed by atoms with Crippen LogP contribution in [0.15, 0.2) is 48.5 Å². The number of nitrogens with zero attached hydrogens (tertiary/aromatic N) is 2. The molecular weight excluding hydrogens is 965 g/mol. The van der Waals surface area contributed by atoms with Gasteiger partial charge in [0.2, 0.25) is 16.9 Å². The van der Waals surface area contributed by atoms with Crippen LogP contribution in [-0.2, 0) is 64.4 Å². The Morgan fingerprint density at radius 1 is 0.681 bits per heavy atom. The molecule has 72 heavy (non-hydrogen) atoms. The highest BCUT2D eigenvalue weighted by Crippen LogP contribution is 2.33. The molecule has 1 aliphatic rings. The van der Waals surface area contributed by atoms with Crippen molar-refractivity contribution >= 4 is 67.5 Å². The molecule has 2 heterocycles. The van der Waals surface area contributed by atoms with E-state index in [1.165, 1.54) is 0 Å². The van der Waals surface area contributed by atoms with Gasteiger partial charge in [0.1, 0.15) is 30.5 Å². The van der Waals surface area contributed by atoms with E-state index in [0.29, 0.717) is 81.5 Å². The van der Waals surface area contributed by atoms with Crippen molar-refractivity contribution in [3.8, 4) is 17.2 Å². The zero-order valence-corrected chi connectivity index (χ0v) is 41.8. The summed E-state index contributed by atoms with van der Waals surface area (Å²) < 4.78 is 80.0. The molecule has 22 nitrogen and oxygen atoms in total. The lowest BCUT2D eigenvalue weighted by molar-refractivity contribution is -0.645. The smallest absolute Gasteiger partial charge is 0.345 e. The van der Waals surface area contributed by atoms with Gasteiger partial charge >= 0.3 is 11.9 Å². The molecule has 5 rings (SSSR count). The summed E-state index contributed by atoms with van der Waals surface area (Å²) in [5.74, 6) is -2.84. The minimum atomic E-state index is -4.28. The number of imide groups is 1. The van der Waals surface area contributed by atoms with Gasteiger partial charge in [0, 0.05) is 77.1 Å². The number of carbonyl (C=O) groups excluding carboxylic acids is 6. The van der Waals surface area contributed by atoms with Crippen LogP contribution in [0.2, 0.25) is 0 Å². The summed E-state index contributed by atoms with van der Waals surface area (Å²) in [6, 6.07) is 13.6. The van der Waals surface area contributed by atoms with E-state index in [-0.39, 0.29) is 115 Å². The topological polar surface area (TPSA) is 271 Å². The molecule has 0 atom stereocenters. The molecule has 1 aliphatic heterocycles. The predicted molar refractivity (Wildman–Crippen MR) is 257 cm³/mol. The van der Waals surface area contributed by atoms with Crippen molar-refractivity contribution in [1.82, 2.24) is 15.7 Å². The zero-order chi connectivity index (χ0) is 52.0. The molecule has 0 aliphatic carbocycles. The van der Waals surface area contributed by atoms with Gasteiger partial charge in [-0.1, -0.05) is 0 Å². The molecule has 0 spiro atoms. The van der Waals surface area contributed by atoms with Gasteiger partial charge in [-0.15, -0.1) is 5.06 Å². The standard InChI is InChI=1S/C49H62N4O18S/c1-33-29-35(48(58)51-16-19-65-18-15-50-42(54)7-5-8-45(57)71-53-43(55)13-14-44(53)56)30-34(2)47(33)70-49(59)46-38-31-36(68-26-24-66-22-20-63-3)9-11-40(38)52(17-6-28-72(60,61)62)41-12-10-37(32-39(41)46)69-27-25-67-23-21-64-4/h9-12,29-32H,5-8,13-28H2,1-4H3,(H2-,50,51,54,58,60,61,62)/p+1. The molecule has 3 aromatic carbocycles. The van der Waals surface area contributed by atoms with Crippen molar-refractivity contribution in [2.45, 2.75) is 58.9 Å². The normalized spacial score (nSPS) is 12.7. The second kappa shape index (κ2) is 28.6. The molecular formula is C49H63N4O18S+. The highest BCUT2D eigenvalue weighted by molar-refractivity contribution is 7.85. The summed E-state index contributed by atoms with van der Waals surface area (Å²) in [5.41, 5.74) is 2.55. The summed E-state index contributed by atoms with van der Waals surface area (Å²) >= 11 is 0. The van der Waals surface area contributed by atoms with Crippen LogP contribution in [-0.4, -0.2) is 153 Å². The van der Waals surface area contributed by atoms with Gasteiger partial charge in [0.25, 0.3) is 27.8 Å². The van der Waals surface area contributed by atoms with Crippen molar-refractivity contribution in [2.24, 2.45) is 0 Å². The zero-order valence-electron chi connectivity index (χ0n) is 41.0. The first-order chi connectivity index (χ1) is 34.6. The maximum Gasteiger partial charge on any atom is 0.345 e. The number of ether oxygens (including phenoxy) is 8. The van der Waals surface area contributed by atoms with Gasteiger partial charge in [0.15, 0.2) is 6.54 Å². The number of benzene rings is 3. The highest BCUT2D eigenvalue weighted by atomic mass is 32.2. The average Bonchev–Trinajstić information content (AvgIpc) is 3.65. The van der Waals surface area contributed by atoms with Gasteiger partial charge in [0.05, 0.1) is 74.9 Å². The second-order valence-electron chi connectivity index (χ2n) is 16.4. The molecule has 23 heteroatoms. The van der Waals surface area contributed by atoms with Crippen molar-refractivity contribution in [1.29, 1.82) is 0 Å². The number of hydrogen-bond donors (Lipinski definition) is 3. The van der Waals surface area contributed by atoms with E-state index in [9.17, 15) is 41.7 Å². The lowest BCUT2D eigenvalue weighted by atomic mass is 10.0. The highest BCUT2D eigenvalue weighted by Gasteiger charge is 2.33. The fourth-order valence-electron chi connectivity index (χ4n) is 7.52. The van der Waals surface area contributed by atoms with Crippen LogP contribution < -0.4 is 29.4 Å². The van der Waals surface area contributed by atoms with Gasteiger partial charge in [-0.3, -0.25) is 23.7 Å². The molecule has 392 valence electrons. The predicted octanol–water partition coefficient (Wildman–Crippen LogP) is 3.12. The van der Waals surface area contributed by atoms with Crippen molar-refractivity contribution in [3.05, 3.63) is 70.8 Å². The first-order valence-electron chi connectivity index (χ1n) is 23.4. The van der Waals surface area contributed by atoms with Crippen LogP contribution in [0.5, 0.6) is 17.2 Å². The number of carbonyl (C=O) groups is 6. The van der Waals surface area contributed by atoms with Gasteiger partial charge in [-0.25, -0.2) is 9.59 Å². The van der Waals surface area contributed by atoms with Crippen LogP contribution in [0.1, 0.15) is 70.4 Å². The maximum atomic E-state index is 14.8. The second-order valence-corrected chi connectivity index (χ2v) is 17.9. The van der Waals surface area contributed by atoms with E-state index in [0.717, 1.165) is 0 Å². The third-order valence-electron chi connectivity index (χ3n) is 10.9. The first-order valence-corrected chi connectivity index (χ1v) is 25.0. The number of pyridine rings is 1. The summed E-state index contributed by atoms with van der Waals surface area (Å²) in [6.45, 7) is 6.69. The number of amides is 4. The molecule has 0 unspecified atom stereocenters. The minimum absolute atomic E-state index is 0.0108. The maximum absolute atomic E-state index is 14.8. The van der Waals surface area contributed by atoms with Crippen LogP contribution >= 0.6 is 0 Å².